The number of hydrogen-bond donors (Lipinski definition) is 1. The van der Waals surface area contributed by atoms with Gasteiger partial charge in [0, 0.05) is 36.8 Å². The summed E-state index contributed by atoms with van der Waals surface area (Å²) < 4.78 is 2.35. The number of rotatable bonds is 2. The van der Waals surface area contributed by atoms with E-state index in [0.717, 1.165) is 19.5 Å². The highest BCUT2D eigenvalue weighted by Gasteiger charge is 2.21. The zero-order valence-corrected chi connectivity index (χ0v) is 11.0. The molecule has 18 heavy (non-hydrogen) atoms. The Morgan fingerprint density at radius 2 is 2.00 bits per heavy atom. The van der Waals surface area contributed by atoms with E-state index in [1.54, 1.807) is 0 Å². The summed E-state index contributed by atoms with van der Waals surface area (Å²) in [6.45, 7) is 6.36. The van der Waals surface area contributed by atoms with Crippen LogP contribution in [-0.4, -0.2) is 16.1 Å². The molecular formula is C15H19N3. The van der Waals surface area contributed by atoms with E-state index in [2.05, 4.69) is 54.1 Å². The first-order valence-corrected chi connectivity index (χ1v) is 6.64. The summed E-state index contributed by atoms with van der Waals surface area (Å²) in [6, 6.07) is 10.6. The van der Waals surface area contributed by atoms with Gasteiger partial charge in [-0.3, -0.25) is 0 Å². The number of para-hydroxylation sites is 1. The molecule has 1 aliphatic heterocycles. The largest absolute Gasteiger partial charge is 0.311 e. The van der Waals surface area contributed by atoms with Crippen LogP contribution in [0.5, 0.6) is 0 Å². The van der Waals surface area contributed by atoms with E-state index in [0.29, 0.717) is 5.92 Å². The lowest BCUT2D eigenvalue weighted by atomic mass is 10.1. The van der Waals surface area contributed by atoms with Crippen molar-refractivity contribution in [2.24, 2.45) is 0 Å². The van der Waals surface area contributed by atoms with Crippen molar-refractivity contribution in [1.29, 1.82) is 0 Å². The molecule has 0 fully saturated rings. The number of imidazole rings is 1. The second kappa shape index (κ2) is 4.58. The van der Waals surface area contributed by atoms with Crippen LogP contribution in [0.15, 0.2) is 30.3 Å². The average Bonchev–Trinajstić information content (AvgIpc) is 2.79. The molecule has 0 atom stereocenters. The van der Waals surface area contributed by atoms with Crippen LogP contribution in [0.1, 0.15) is 37.0 Å². The topological polar surface area (TPSA) is 29.9 Å². The second-order valence-corrected chi connectivity index (χ2v) is 5.12. The van der Waals surface area contributed by atoms with Crippen LogP contribution in [0.3, 0.4) is 0 Å². The highest BCUT2D eigenvalue weighted by atomic mass is 15.1. The number of fused-ring (bicyclic) bond motifs is 1. The summed E-state index contributed by atoms with van der Waals surface area (Å²) in [5.41, 5.74) is 3.83. The highest BCUT2D eigenvalue weighted by Crippen LogP contribution is 2.25. The number of nitrogens with one attached hydrogen (secondary N) is 1. The van der Waals surface area contributed by atoms with E-state index >= 15 is 0 Å². The van der Waals surface area contributed by atoms with Crippen molar-refractivity contribution in [2.45, 2.75) is 32.7 Å². The molecule has 1 aromatic heterocycles. The standard InChI is InChI=1S/C15H19N3/c1-11(2)15-17-13-10-16-9-8-14(13)18(15)12-6-4-3-5-7-12/h3-7,11,16H,8-10H2,1-2H3. The van der Waals surface area contributed by atoms with Crippen LogP contribution in [0.25, 0.3) is 5.69 Å². The number of hydrogen-bond acceptors (Lipinski definition) is 2. The van der Waals surface area contributed by atoms with Gasteiger partial charge in [0.05, 0.1) is 5.69 Å². The molecule has 1 N–H and O–H groups in total. The smallest absolute Gasteiger partial charge is 0.116 e. The van der Waals surface area contributed by atoms with Crippen LogP contribution >= 0.6 is 0 Å². The Hall–Kier alpha value is -1.61. The Kier molecular flexibility index (Phi) is 2.92. The maximum atomic E-state index is 4.83. The van der Waals surface area contributed by atoms with E-state index < -0.39 is 0 Å². The first-order valence-electron chi connectivity index (χ1n) is 6.64. The Morgan fingerprint density at radius 3 is 2.72 bits per heavy atom. The van der Waals surface area contributed by atoms with Crippen molar-refractivity contribution < 1.29 is 0 Å². The first-order chi connectivity index (χ1) is 8.77. The summed E-state index contributed by atoms with van der Waals surface area (Å²) in [5.74, 6) is 1.62. The van der Waals surface area contributed by atoms with Crippen molar-refractivity contribution in [3.8, 4) is 5.69 Å². The van der Waals surface area contributed by atoms with E-state index in [9.17, 15) is 0 Å². The fourth-order valence-electron chi connectivity index (χ4n) is 2.58. The molecule has 0 unspecified atom stereocenters. The minimum atomic E-state index is 0.441. The SMILES string of the molecule is CC(C)c1nc2c(n1-c1ccccc1)CCNC2. The van der Waals surface area contributed by atoms with Gasteiger partial charge < -0.3 is 9.88 Å². The molecule has 1 aromatic carbocycles. The Balaban J connectivity index is 2.19. The minimum Gasteiger partial charge on any atom is -0.311 e. The Bertz CT molecular complexity index is 540. The number of benzene rings is 1. The van der Waals surface area contributed by atoms with Crippen molar-refractivity contribution in [3.63, 3.8) is 0 Å². The van der Waals surface area contributed by atoms with Crippen LogP contribution in [0.4, 0.5) is 0 Å². The third-order valence-electron chi connectivity index (χ3n) is 3.44. The van der Waals surface area contributed by atoms with E-state index in [-0.39, 0.29) is 0 Å². The fraction of sp³-hybridized carbons (Fsp3) is 0.400. The highest BCUT2D eigenvalue weighted by molar-refractivity contribution is 5.39. The van der Waals surface area contributed by atoms with E-state index in [1.165, 1.54) is 22.9 Å². The monoisotopic (exact) mass is 241 g/mol. The Labute approximate surface area is 108 Å². The minimum absolute atomic E-state index is 0.441. The normalized spacial score (nSPS) is 14.8. The van der Waals surface area contributed by atoms with Crippen LogP contribution in [-0.2, 0) is 13.0 Å². The zero-order valence-electron chi connectivity index (χ0n) is 11.0. The van der Waals surface area contributed by atoms with Gasteiger partial charge in [0.2, 0.25) is 0 Å². The van der Waals surface area contributed by atoms with Crippen molar-refractivity contribution in [3.05, 3.63) is 47.5 Å². The summed E-state index contributed by atoms with van der Waals surface area (Å²) in [5, 5.41) is 3.40. The lowest BCUT2D eigenvalue weighted by Crippen LogP contribution is -2.24. The van der Waals surface area contributed by atoms with E-state index in [1.807, 2.05) is 0 Å². The number of nitrogens with zero attached hydrogens (tertiary/aromatic N) is 2. The molecule has 2 heterocycles. The van der Waals surface area contributed by atoms with Gasteiger partial charge in [-0.25, -0.2) is 4.98 Å². The molecule has 0 saturated heterocycles. The molecule has 0 saturated carbocycles. The molecule has 0 aliphatic carbocycles. The summed E-state index contributed by atoms with van der Waals surface area (Å²) in [6.07, 6.45) is 1.06. The van der Waals surface area contributed by atoms with Crippen molar-refractivity contribution in [2.75, 3.05) is 6.54 Å². The third kappa shape index (κ3) is 1.85. The molecule has 0 bridgehead atoms. The maximum Gasteiger partial charge on any atom is 0.116 e. The van der Waals surface area contributed by atoms with Gasteiger partial charge in [0.25, 0.3) is 0 Å². The van der Waals surface area contributed by atoms with E-state index in [4.69, 9.17) is 4.98 Å². The third-order valence-corrected chi connectivity index (χ3v) is 3.44. The second-order valence-electron chi connectivity index (χ2n) is 5.12. The lowest BCUT2D eigenvalue weighted by Gasteiger charge is -2.17. The molecule has 1 aliphatic rings. The van der Waals surface area contributed by atoms with Gasteiger partial charge in [-0.05, 0) is 12.1 Å². The van der Waals surface area contributed by atoms with Gasteiger partial charge in [0.15, 0.2) is 0 Å². The average molecular weight is 241 g/mol. The van der Waals surface area contributed by atoms with Gasteiger partial charge >= 0.3 is 0 Å². The predicted molar refractivity (Wildman–Crippen MR) is 73.1 cm³/mol. The molecular weight excluding hydrogens is 222 g/mol. The van der Waals surface area contributed by atoms with Crippen molar-refractivity contribution in [1.82, 2.24) is 14.9 Å². The zero-order chi connectivity index (χ0) is 12.5. The predicted octanol–water partition coefficient (Wildman–Crippen LogP) is 2.64. The Morgan fingerprint density at radius 1 is 1.22 bits per heavy atom. The van der Waals surface area contributed by atoms with Gasteiger partial charge in [-0.15, -0.1) is 0 Å². The molecule has 3 nitrogen and oxygen atoms in total. The molecule has 94 valence electrons. The van der Waals surface area contributed by atoms with Gasteiger partial charge in [-0.2, -0.15) is 0 Å². The van der Waals surface area contributed by atoms with Crippen LogP contribution in [0, 0.1) is 0 Å². The first kappa shape index (κ1) is 11.5. The van der Waals surface area contributed by atoms with Gasteiger partial charge in [-0.1, -0.05) is 32.0 Å². The summed E-state index contributed by atoms with van der Waals surface area (Å²) in [7, 11) is 0. The molecule has 0 amide bonds. The molecule has 2 aromatic rings. The molecule has 0 radical (unpaired) electrons. The number of aromatic nitrogens is 2. The van der Waals surface area contributed by atoms with Gasteiger partial charge in [0.1, 0.15) is 5.82 Å². The molecule has 3 rings (SSSR count). The summed E-state index contributed by atoms with van der Waals surface area (Å²) in [4.78, 5) is 4.83. The quantitative estimate of drug-likeness (QED) is 0.876. The lowest BCUT2D eigenvalue weighted by molar-refractivity contribution is 0.619. The van der Waals surface area contributed by atoms with Crippen LogP contribution < -0.4 is 5.32 Å². The maximum absolute atomic E-state index is 4.83. The van der Waals surface area contributed by atoms with Crippen LogP contribution in [0.2, 0.25) is 0 Å². The molecule has 0 spiro atoms. The summed E-state index contributed by atoms with van der Waals surface area (Å²) >= 11 is 0. The molecule has 3 heteroatoms. The fourth-order valence-corrected chi connectivity index (χ4v) is 2.58. The van der Waals surface area contributed by atoms with Crippen molar-refractivity contribution >= 4 is 0 Å².